The normalized spacial score (nSPS) is 51.7. The van der Waals surface area contributed by atoms with Crippen molar-refractivity contribution in [2.75, 3.05) is 0 Å². The highest BCUT2D eigenvalue weighted by atomic mass is 16.4. The van der Waals surface area contributed by atoms with Crippen molar-refractivity contribution in [2.45, 2.75) is 103 Å². The van der Waals surface area contributed by atoms with Gasteiger partial charge in [-0.3, -0.25) is 4.79 Å². The first-order chi connectivity index (χ1) is 13.1. The molecule has 0 aromatic carbocycles. The van der Waals surface area contributed by atoms with Crippen molar-refractivity contribution < 1.29 is 15.0 Å². The molecule has 4 rings (SSSR count). The van der Waals surface area contributed by atoms with Crippen LogP contribution in [0.25, 0.3) is 0 Å². The SMILES string of the molecule is C[C@H](CCC(=O)O)C1CCC2[C@H]3C(CC[C@@]21C)[C@@]1(C)CCCC[C@@]1(N)C[C@@H]3O. The quantitative estimate of drug-likeness (QED) is 0.654. The fourth-order valence-corrected chi connectivity index (χ4v) is 8.87. The van der Waals surface area contributed by atoms with Crippen LogP contribution in [0.5, 0.6) is 0 Å². The summed E-state index contributed by atoms with van der Waals surface area (Å²) in [5.74, 6) is 1.86. The molecule has 4 heteroatoms. The van der Waals surface area contributed by atoms with Gasteiger partial charge < -0.3 is 15.9 Å². The number of nitrogens with two attached hydrogens (primary N) is 1. The summed E-state index contributed by atoms with van der Waals surface area (Å²) in [6.45, 7) is 7.17. The number of hydrogen-bond acceptors (Lipinski definition) is 3. The number of carbonyl (C=O) groups is 1. The lowest BCUT2D eigenvalue weighted by Crippen LogP contribution is -2.68. The summed E-state index contributed by atoms with van der Waals surface area (Å²) in [6, 6.07) is 0. The van der Waals surface area contributed by atoms with E-state index in [1.54, 1.807) is 0 Å². The molecule has 4 N–H and O–H groups in total. The Kier molecular flexibility index (Phi) is 5.14. The summed E-state index contributed by atoms with van der Waals surface area (Å²) in [5, 5.41) is 20.4. The molecule has 4 fully saturated rings. The molecule has 0 saturated heterocycles. The summed E-state index contributed by atoms with van der Waals surface area (Å²) >= 11 is 0. The number of aliphatic hydroxyl groups is 1. The Hall–Kier alpha value is -0.610. The van der Waals surface area contributed by atoms with Crippen LogP contribution < -0.4 is 5.73 Å². The fraction of sp³-hybridized carbons (Fsp3) is 0.958. The maximum absolute atomic E-state index is 11.3. The molecule has 0 bridgehead atoms. The Bertz CT molecular complexity index is 623. The highest BCUT2D eigenvalue weighted by molar-refractivity contribution is 5.66. The van der Waals surface area contributed by atoms with Crippen molar-refractivity contribution in [1.82, 2.24) is 0 Å². The standard InChI is InChI=1S/C24H41NO3/c1-15(6-9-20(27)28)16-7-8-17-21-18(10-13-22(16,17)2)23(3)11-4-5-12-24(23,25)14-19(21)26/h15-19,21,26H,4-14,25H2,1-3H3,(H,27,28)/t15-,16?,17?,18?,19+,21+,22-,23-,24-/m1/s1. The predicted octanol–water partition coefficient (Wildman–Crippen LogP) is 4.59. The third-order valence-electron chi connectivity index (χ3n) is 10.4. The van der Waals surface area contributed by atoms with Crippen LogP contribution in [0.1, 0.15) is 91.4 Å². The van der Waals surface area contributed by atoms with Crippen molar-refractivity contribution in [2.24, 2.45) is 46.2 Å². The maximum atomic E-state index is 11.3. The number of rotatable bonds is 4. The number of aliphatic carboxylic acids is 1. The van der Waals surface area contributed by atoms with Gasteiger partial charge in [0.1, 0.15) is 0 Å². The molecule has 0 heterocycles. The van der Waals surface area contributed by atoms with Crippen LogP contribution in [0.4, 0.5) is 0 Å². The molecular formula is C24H41NO3. The minimum absolute atomic E-state index is 0.170. The maximum Gasteiger partial charge on any atom is 0.303 e. The predicted molar refractivity (Wildman–Crippen MR) is 111 cm³/mol. The third-order valence-corrected chi connectivity index (χ3v) is 10.4. The number of carboxylic acid groups (broad SMARTS) is 1. The topological polar surface area (TPSA) is 83.5 Å². The molecule has 4 aliphatic rings. The molecule has 160 valence electrons. The largest absolute Gasteiger partial charge is 0.481 e. The second-order valence-electron chi connectivity index (χ2n) is 11.5. The van der Waals surface area contributed by atoms with Crippen LogP contribution >= 0.6 is 0 Å². The number of hydrogen-bond donors (Lipinski definition) is 3. The minimum Gasteiger partial charge on any atom is -0.481 e. The van der Waals surface area contributed by atoms with Gasteiger partial charge in [0.2, 0.25) is 0 Å². The van der Waals surface area contributed by atoms with E-state index in [1.165, 1.54) is 44.9 Å². The Labute approximate surface area is 170 Å². The first-order valence-corrected chi connectivity index (χ1v) is 11.8. The van der Waals surface area contributed by atoms with Crippen molar-refractivity contribution in [3.05, 3.63) is 0 Å². The van der Waals surface area contributed by atoms with E-state index in [4.69, 9.17) is 10.8 Å². The molecule has 0 amide bonds. The summed E-state index contributed by atoms with van der Waals surface area (Å²) in [6.07, 6.45) is 11.2. The molecule has 0 radical (unpaired) electrons. The molecule has 0 spiro atoms. The van der Waals surface area contributed by atoms with Crippen molar-refractivity contribution in [1.29, 1.82) is 0 Å². The van der Waals surface area contributed by atoms with Gasteiger partial charge >= 0.3 is 5.97 Å². The summed E-state index contributed by atoms with van der Waals surface area (Å²) < 4.78 is 0. The van der Waals surface area contributed by atoms with E-state index >= 15 is 0 Å². The fourth-order valence-electron chi connectivity index (χ4n) is 8.87. The zero-order valence-electron chi connectivity index (χ0n) is 18.1. The Morgan fingerprint density at radius 1 is 1.11 bits per heavy atom. The zero-order chi connectivity index (χ0) is 20.3. The average molecular weight is 392 g/mol. The van der Waals surface area contributed by atoms with Crippen LogP contribution in [-0.4, -0.2) is 27.8 Å². The first-order valence-electron chi connectivity index (χ1n) is 11.8. The zero-order valence-corrected chi connectivity index (χ0v) is 18.1. The summed E-state index contributed by atoms with van der Waals surface area (Å²) in [5.41, 5.74) is 7.23. The van der Waals surface area contributed by atoms with Gasteiger partial charge in [-0.15, -0.1) is 0 Å². The molecular weight excluding hydrogens is 350 g/mol. The number of carboxylic acids is 1. The lowest BCUT2D eigenvalue weighted by atomic mass is 9.42. The second kappa shape index (κ2) is 6.97. The molecule has 4 aliphatic carbocycles. The first kappa shape index (κ1) is 20.7. The van der Waals surface area contributed by atoms with Crippen LogP contribution in [0.2, 0.25) is 0 Å². The minimum atomic E-state index is -0.678. The Balaban J connectivity index is 1.59. The van der Waals surface area contributed by atoms with Crippen molar-refractivity contribution in [3.8, 4) is 0 Å². The molecule has 28 heavy (non-hydrogen) atoms. The lowest BCUT2D eigenvalue weighted by molar-refractivity contribution is -0.173. The average Bonchev–Trinajstić information content (AvgIpc) is 2.98. The van der Waals surface area contributed by atoms with Crippen molar-refractivity contribution in [3.63, 3.8) is 0 Å². The van der Waals surface area contributed by atoms with Gasteiger partial charge in [-0.2, -0.15) is 0 Å². The van der Waals surface area contributed by atoms with Crippen molar-refractivity contribution >= 4 is 5.97 Å². The second-order valence-corrected chi connectivity index (χ2v) is 11.5. The lowest BCUT2D eigenvalue weighted by Gasteiger charge is -2.65. The van der Waals surface area contributed by atoms with E-state index in [-0.39, 0.29) is 28.9 Å². The Morgan fingerprint density at radius 3 is 2.54 bits per heavy atom. The number of aliphatic hydroxyl groups excluding tert-OH is 1. The van der Waals surface area contributed by atoms with E-state index in [0.717, 1.165) is 19.3 Å². The monoisotopic (exact) mass is 391 g/mol. The molecule has 9 atom stereocenters. The van der Waals surface area contributed by atoms with Gasteiger partial charge in [-0.05, 0) is 91.8 Å². The van der Waals surface area contributed by atoms with Gasteiger partial charge in [0.25, 0.3) is 0 Å². The van der Waals surface area contributed by atoms with Gasteiger partial charge in [0.05, 0.1) is 6.10 Å². The smallest absolute Gasteiger partial charge is 0.303 e. The van der Waals surface area contributed by atoms with Gasteiger partial charge in [-0.1, -0.05) is 33.6 Å². The van der Waals surface area contributed by atoms with E-state index < -0.39 is 5.97 Å². The number of fused-ring (bicyclic) bond motifs is 5. The van der Waals surface area contributed by atoms with Gasteiger partial charge in [0.15, 0.2) is 0 Å². The van der Waals surface area contributed by atoms with Crippen LogP contribution in [-0.2, 0) is 4.79 Å². The van der Waals surface area contributed by atoms with Crippen LogP contribution in [0.15, 0.2) is 0 Å². The molecule has 4 saturated carbocycles. The molecule has 4 nitrogen and oxygen atoms in total. The van der Waals surface area contributed by atoms with E-state index in [1.807, 2.05) is 0 Å². The van der Waals surface area contributed by atoms with E-state index in [9.17, 15) is 9.90 Å². The Morgan fingerprint density at radius 2 is 1.82 bits per heavy atom. The summed E-state index contributed by atoms with van der Waals surface area (Å²) in [7, 11) is 0. The molecule has 0 aromatic heterocycles. The van der Waals surface area contributed by atoms with E-state index in [0.29, 0.717) is 29.6 Å². The molecule has 0 aliphatic heterocycles. The molecule has 3 unspecified atom stereocenters. The van der Waals surface area contributed by atoms with Gasteiger partial charge in [-0.25, -0.2) is 0 Å². The summed E-state index contributed by atoms with van der Waals surface area (Å²) in [4.78, 5) is 11.1. The van der Waals surface area contributed by atoms with Gasteiger partial charge in [0, 0.05) is 12.0 Å². The van der Waals surface area contributed by atoms with Crippen LogP contribution in [0.3, 0.4) is 0 Å². The third kappa shape index (κ3) is 2.88. The highest BCUT2D eigenvalue weighted by Gasteiger charge is 2.65. The van der Waals surface area contributed by atoms with E-state index in [2.05, 4.69) is 20.8 Å². The molecule has 0 aromatic rings. The van der Waals surface area contributed by atoms with Crippen LogP contribution in [0, 0.1) is 40.4 Å². The highest BCUT2D eigenvalue weighted by Crippen LogP contribution is 2.68.